The van der Waals surface area contributed by atoms with Crippen LogP contribution in [0.25, 0.3) is 11.0 Å². The number of rotatable bonds is 5. The van der Waals surface area contributed by atoms with Crippen molar-refractivity contribution in [3.05, 3.63) is 77.3 Å². The maximum Gasteiger partial charge on any atom is 0.201 e. The van der Waals surface area contributed by atoms with Crippen molar-refractivity contribution in [2.24, 2.45) is 0 Å². The molecule has 4 N–H and O–H groups in total. The van der Waals surface area contributed by atoms with Crippen LogP contribution in [0.4, 0.5) is 11.6 Å². The van der Waals surface area contributed by atoms with Gasteiger partial charge in [-0.1, -0.05) is 23.7 Å². The quantitative estimate of drug-likeness (QED) is 0.385. The molecular formula is C21H19ClN4O. The van der Waals surface area contributed by atoms with E-state index in [0.29, 0.717) is 16.7 Å². The van der Waals surface area contributed by atoms with Gasteiger partial charge in [-0.2, -0.15) is 0 Å². The molecular weight excluding hydrogens is 360 g/mol. The Balaban J connectivity index is 1.45. The predicted octanol–water partition coefficient (Wildman–Crippen LogP) is 5.76. The topological polar surface area (TPSA) is 76.0 Å². The molecule has 1 aromatic heterocycles. The van der Waals surface area contributed by atoms with Gasteiger partial charge in [0.15, 0.2) is 0 Å². The molecule has 0 bridgehead atoms. The summed E-state index contributed by atoms with van der Waals surface area (Å²) in [6.45, 7) is 2.08. The van der Waals surface area contributed by atoms with E-state index in [1.54, 1.807) is 12.1 Å². The van der Waals surface area contributed by atoms with Crippen LogP contribution in [-0.4, -0.2) is 9.97 Å². The number of nitrogen functional groups attached to an aromatic ring is 1. The third-order valence-corrected chi connectivity index (χ3v) is 4.54. The van der Waals surface area contributed by atoms with Gasteiger partial charge in [-0.3, -0.25) is 0 Å². The minimum absolute atomic E-state index is 0.0764. The van der Waals surface area contributed by atoms with Crippen molar-refractivity contribution in [1.29, 1.82) is 0 Å². The zero-order valence-electron chi connectivity index (χ0n) is 14.7. The predicted molar refractivity (Wildman–Crippen MR) is 111 cm³/mol. The first-order valence-corrected chi connectivity index (χ1v) is 9.00. The van der Waals surface area contributed by atoms with E-state index in [-0.39, 0.29) is 6.04 Å². The standard InChI is InChI=1S/C21H19ClN4O/c1-13(24-21-25-19-11-6-16(23)12-20(19)26-21)14-2-7-17(8-3-14)27-18-9-4-15(22)5-10-18/h2-13H,23H2,1H3,(H2,24,25,26). The highest BCUT2D eigenvalue weighted by molar-refractivity contribution is 6.30. The van der Waals surface area contributed by atoms with Crippen LogP contribution in [0.2, 0.25) is 5.02 Å². The van der Waals surface area contributed by atoms with E-state index in [1.165, 1.54) is 0 Å². The first-order chi connectivity index (χ1) is 13.1. The van der Waals surface area contributed by atoms with Crippen LogP contribution in [0.1, 0.15) is 18.5 Å². The summed E-state index contributed by atoms with van der Waals surface area (Å²) in [7, 11) is 0. The molecule has 0 amide bonds. The minimum atomic E-state index is 0.0764. The number of nitrogens with one attached hydrogen (secondary N) is 2. The number of aromatic nitrogens is 2. The third-order valence-electron chi connectivity index (χ3n) is 4.29. The molecule has 6 heteroatoms. The van der Waals surface area contributed by atoms with Crippen LogP contribution in [0.5, 0.6) is 11.5 Å². The van der Waals surface area contributed by atoms with Gasteiger partial charge in [0, 0.05) is 10.7 Å². The number of H-pyrrole nitrogens is 1. The van der Waals surface area contributed by atoms with Gasteiger partial charge in [0.25, 0.3) is 0 Å². The average Bonchev–Trinajstić information content (AvgIpc) is 3.05. The summed E-state index contributed by atoms with van der Waals surface area (Å²) in [6, 6.07) is 20.9. The van der Waals surface area contributed by atoms with Crippen molar-refractivity contribution >= 4 is 34.3 Å². The summed E-state index contributed by atoms with van der Waals surface area (Å²) in [5.41, 5.74) is 9.44. The van der Waals surface area contributed by atoms with Gasteiger partial charge in [-0.15, -0.1) is 0 Å². The molecule has 0 aliphatic heterocycles. The van der Waals surface area contributed by atoms with Gasteiger partial charge in [-0.05, 0) is 67.1 Å². The minimum Gasteiger partial charge on any atom is -0.457 e. The monoisotopic (exact) mass is 378 g/mol. The summed E-state index contributed by atoms with van der Waals surface area (Å²) in [5.74, 6) is 2.23. The lowest BCUT2D eigenvalue weighted by Gasteiger charge is -2.14. The number of benzene rings is 3. The molecule has 136 valence electrons. The molecule has 0 saturated carbocycles. The van der Waals surface area contributed by atoms with E-state index >= 15 is 0 Å². The average molecular weight is 379 g/mol. The summed E-state index contributed by atoms with van der Waals surface area (Å²) < 4.78 is 5.83. The first kappa shape index (κ1) is 17.2. The Morgan fingerprint density at radius 3 is 2.37 bits per heavy atom. The Kier molecular flexibility index (Phi) is 4.60. The lowest BCUT2D eigenvalue weighted by Crippen LogP contribution is -2.07. The van der Waals surface area contributed by atoms with E-state index in [0.717, 1.165) is 28.1 Å². The van der Waals surface area contributed by atoms with E-state index in [9.17, 15) is 0 Å². The van der Waals surface area contributed by atoms with Crippen molar-refractivity contribution in [1.82, 2.24) is 9.97 Å². The molecule has 1 atom stereocenters. The molecule has 0 aliphatic rings. The second-order valence-corrected chi connectivity index (χ2v) is 6.79. The highest BCUT2D eigenvalue weighted by atomic mass is 35.5. The molecule has 0 radical (unpaired) electrons. The fraction of sp³-hybridized carbons (Fsp3) is 0.0952. The van der Waals surface area contributed by atoms with Crippen LogP contribution in [0.3, 0.4) is 0 Å². The van der Waals surface area contributed by atoms with Crippen LogP contribution < -0.4 is 15.8 Å². The second-order valence-electron chi connectivity index (χ2n) is 6.35. The first-order valence-electron chi connectivity index (χ1n) is 8.62. The van der Waals surface area contributed by atoms with Crippen molar-refractivity contribution in [2.45, 2.75) is 13.0 Å². The van der Waals surface area contributed by atoms with Crippen molar-refractivity contribution < 1.29 is 4.74 Å². The van der Waals surface area contributed by atoms with Crippen LogP contribution in [0, 0.1) is 0 Å². The normalized spacial score (nSPS) is 12.1. The molecule has 5 nitrogen and oxygen atoms in total. The highest BCUT2D eigenvalue weighted by Gasteiger charge is 2.09. The van der Waals surface area contributed by atoms with Crippen LogP contribution in [0.15, 0.2) is 66.7 Å². The maximum absolute atomic E-state index is 5.89. The van der Waals surface area contributed by atoms with Gasteiger partial charge in [0.05, 0.1) is 17.1 Å². The summed E-state index contributed by atoms with van der Waals surface area (Å²) >= 11 is 5.89. The van der Waals surface area contributed by atoms with E-state index in [2.05, 4.69) is 22.2 Å². The van der Waals surface area contributed by atoms with Crippen molar-refractivity contribution in [3.8, 4) is 11.5 Å². The largest absolute Gasteiger partial charge is 0.457 e. The Labute approximate surface area is 162 Å². The summed E-state index contributed by atoms with van der Waals surface area (Å²) in [4.78, 5) is 7.79. The number of hydrogen-bond acceptors (Lipinski definition) is 4. The molecule has 0 aliphatic carbocycles. The Bertz CT molecular complexity index is 1060. The number of hydrogen-bond donors (Lipinski definition) is 3. The fourth-order valence-electron chi connectivity index (χ4n) is 2.85. The number of nitrogens with two attached hydrogens (primary N) is 1. The Morgan fingerprint density at radius 2 is 1.67 bits per heavy atom. The number of ether oxygens (including phenoxy) is 1. The third kappa shape index (κ3) is 3.99. The van der Waals surface area contributed by atoms with Crippen molar-refractivity contribution in [3.63, 3.8) is 0 Å². The number of aromatic amines is 1. The SMILES string of the molecule is CC(Nc1nc2ccc(N)cc2[nH]1)c1ccc(Oc2ccc(Cl)cc2)cc1. The Morgan fingerprint density at radius 1 is 1.00 bits per heavy atom. The van der Waals surface area contributed by atoms with Crippen LogP contribution in [-0.2, 0) is 0 Å². The van der Waals surface area contributed by atoms with Crippen LogP contribution >= 0.6 is 11.6 Å². The number of anilines is 2. The zero-order valence-corrected chi connectivity index (χ0v) is 15.5. The van der Waals surface area contributed by atoms with E-state index in [4.69, 9.17) is 22.1 Å². The molecule has 4 rings (SSSR count). The maximum atomic E-state index is 5.89. The molecule has 3 aromatic carbocycles. The molecule has 0 spiro atoms. The van der Waals surface area contributed by atoms with Gasteiger partial charge < -0.3 is 20.8 Å². The molecule has 1 unspecified atom stereocenters. The van der Waals surface area contributed by atoms with Gasteiger partial charge in [0.1, 0.15) is 11.5 Å². The van der Waals surface area contributed by atoms with E-state index < -0.39 is 0 Å². The lowest BCUT2D eigenvalue weighted by atomic mass is 10.1. The molecule has 1 heterocycles. The zero-order chi connectivity index (χ0) is 18.8. The van der Waals surface area contributed by atoms with Gasteiger partial charge in [-0.25, -0.2) is 4.98 Å². The Hall–Kier alpha value is -3.18. The molecule has 0 saturated heterocycles. The smallest absolute Gasteiger partial charge is 0.201 e. The fourth-order valence-corrected chi connectivity index (χ4v) is 2.97. The molecule has 0 fully saturated rings. The van der Waals surface area contributed by atoms with Gasteiger partial charge >= 0.3 is 0 Å². The second kappa shape index (κ2) is 7.21. The summed E-state index contributed by atoms with van der Waals surface area (Å²) in [5, 5.41) is 4.07. The number of nitrogens with zero attached hydrogens (tertiary/aromatic N) is 1. The molecule has 4 aromatic rings. The van der Waals surface area contributed by atoms with Gasteiger partial charge in [0.2, 0.25) is 5.95 Å². The number of halogens is 1. The molecule has 27 heavy (non-hydrogen) atoms. The summed E-state index contributed by atoms with van der Waals surface area (Å²) in [6.07, 6.45) is 0. The van der Waals surface area contributed by atoms with Crippen molar-refractivity contribution in [2.75, 3.05) is 11.1 Å². The number of fused-ring (bicyclic) bond motifs is 1. The number of imidazole rings is 1. The highest BCUT2D eigenvalue weighted by Crippen LogP contribution is 2.26. The van der Waals surface area contributed by atoms with E-state index in [1.807, 2.05) is 54.6 Å². The lowest BCUT2D eigenvalue weighted by molar-refractivity contribution is 0.482.